The highest BCUT2D eigenvalue weighted by atomic mass is 16.5. The quantitative estimate of drug-likeness (QED) is 0.769. The van der Waals surface area contributed by atoms with Crippen LogP contribution in [-0.4, -0.2) is 24.5 Å². The van der Waals surface area contributed by atoms with Crippen molar-refractivity contribution >= 4 is 11.8 Å². The number of hydrogen-bond donors (Lipinski definition) is 2. The van der Waals surface area contributed by atoms with E-state index in [9.17, 15) is 9.59 Å². The van der Waals surface area contributed by atoms with E-state index in [1.54, 1.807) is 0 Å². The third-order valence-electron chi connectivity index (χ3n) is 4.25. The molecule has 132 valence electrons. The summed E-state index contributed by atoms with van der Waals surface area (Å²) < 4.78 is 5.55. The van der Waals surface area contributed by atoms with Crippen LogP contribution < -0.4 is 10.6 Å². The fraction of sp³-hybridized carbons (Fsp3) is 0.579. The number of ether oxygens (including phenoxy) is 1. The predicted octanol–water partition coefficient (Wildman–Crippen LogP) is 2.53. The number of rotatable bonds is 8. The molecular weight excluding hydrogens is 304 g/mol. The molecule has 24 heavy (non-hydrogen) atoms. The normalized spacial score (nSPS) is 14.8. The molecule has 1 aromatic rings. The largest absolute Gasteiger partial charge is 0.374 e. The van der Waals surface area contributed by atoms with Gasteiger partial charge in [0.2, 0.25) is 11.8 Å². The summed E-state index contributed by atoms with van der Waals surface area (Å²) in [4.78, 5) is 23.7. The number of carbonyl (C=O) groups is 2. The molecule has 0 aromatic heterocycles. The summed E-state index contributed by atoms with van der Waals surface area (Å²) in [6, 6.07) is 7.98. The van der Waals surface area contributed by atoms with Crippen molar-refractivity contribution in [2.45, 2.75) is 58.8 Å². The highest BCUT2D eigenvalue weighted by Gasteiger charge is 2.22. The summed E-state index contributed by atoms with van der Waals surface area (Å²) >= 11 is 0. The fourth-order valence-corrected chi connectivity index (χ4v) is 2.78. The zero-order valence-corrected chi connectivity index (χ0v) is 14.6. The minimum Gasteiger partial charge on any atom is -0.374 e. The Kier molecular flexibility index (Phi) is 7.25. The lowest BCUT2D eigenvalue weighted by Gasteiger charge is -2.11. The van der Waals surface area contributed by atoms with Crippen LogP contribution in [-0.2, 0) is 27.5 Å². The number of amides is 2. The molecule has 5 heteroatoms. The van der Waals surface area contributed by atoms with Crippen LogP contribution in [0.1, 0.15) is 50.7 Å². The summed E-state index contributed by atoms with van der Waals surface area (Å²) in [7, 11) is 0. The molecule has 2 N–H and O–H groups in total. The Morgan fingerprint density at radius 2 is 1.71 bits per heavy atom. The van der Waals surface area contributed by atoms with Crippen molar-refractivity contribution in [2.75, 3.05) is 6.54 Å². The molecule has 1 aliphatic carbocycles. The van der Waals surface area contributed by atoms with Crippen LogP contribution in [0.25, 0.3) is 0 Å². The van der Waals surface area contributed by atoms with E-state index in [-0.39, 0.29) is 30.4 Å². The van der Waals surface area contributed by atoms with Crippen molar-refractivity contribution in [1.29, 1.82) is 0 Å². The molecule has 0 unspecified atom stereocenters. The topological polar surface area (TPSA) is 67.4 Å². The first kappa shape index (κ1) is 18.5. The van der Waals surface area contributed by atoms with E-state index in [0.29, 0.717) is 13.2 Å². The van der Waals surface area contributed by atoms with Crippen LogP contribution in [0.3, 0.4) is 0 Å². The van der Waals surface area contributed by atoms with Crippen molar-refractivity contribution in [1.82, 2.24) is 10.6 Å². The van der Waals surface area contributed by atoms with Crippen LogP contribution >= 0.6 is 0 Å². The minimum atomic E-state index is -0.159. The standard InChI is InChI=1S/C19H28N2O3/c1-14(2)24-13-16-9-7-15(8-10-16)11-20-18(22)12-21-19(23)17-5-3-4-6-17/h7-10,14,17H,3-6,11-13H2,1-2H3,(H,20,22)(H,21,23). The number of carbonyl (C=O) groups excluding carboxylic acids is 2. The summed E-state index contributed by atoms with van der Waals surface area (Å²) in [6.45, 7) is 5.13. The Morgan fingerprint density at radius 3 is 2.33 bits per heavy atom. The van der Waals surface area contributed by atoms with Crippen molar-refractivity contribution in [3.05, 3.63) is 35.4 Å². The Hall–Kier alpha value is -1.88. The number of hydrogen-bond acceptors (Lipinski definition) is 3. The highest BCUT2D eigenvalue weighted by molar-refractivity contribution is 5.85. The molecule has 0 aliphatic heterocycles. The maximum atomic E-state index is 11.9. The first-order valence-corrected chi connectivity index (χ1v) is 8.78. The highest BCUT2D eigenvalue weighted by Crippen LogP contribution is 2.24. The molecule has 2 amide bonds. The molecule has 0 spiro atoms. The van der Waals surface area contributed by atoms with Crippen LogP contribution in [0.15, 0.2) is 24.3 Å². The lowest BCUT2D eigenvalue weighted by Crippen LogP contribution is -2.38. The second kappa shape index (κ2) is 9.42. The van der Waals surface area contributed by atoms with Gasteiger partial charge in [0.25, 0.3) is 0 Å². The first-order chi connectivity index (χ1) is 11.5. The molecule has 0 bridgehead atoms. The van der Waals surface area contributed by atoms with E-state index in [1.807, 2.05) is 38.1 Å². The molecule has 0 heterocycles. The lowest BCUT2D eigenvalue weighted by atomic mass is 10.1. The number of nitrogens with one attached hydrogen (secondary N) is 2. The van der Waals surface area contributed by atoms with Crippen LogP contribution in [0.5, 0.6) is 0 Å². The Bertz CT molecular complexity index is 534. The predicted molar refractivity (Wildman–Crippen MR) is 93.2 cm³/mol. The van der Waals surface area contributed by atoms with Gasteiger partial charge in [0, 0.05) is 12.5 Å². The average Bonchev–Trinajstić information content (AvgIpc) is 3.11. The van der Waals surface area contributed by atoms with Gasteiger partial charge in [0.1, 0.15) is 0 Å². The molecule has 2 rings (SSSR count). The van der Waals surface area contributed by atoms with Gasteiger partial charge in [-0.25, -0.2) is 0 Å². The molecule has 1 saturated carbocycles. The molecule has 5 nitrogen and oxygen atoms in total. The van der Waals surface area contributed by atoms with Gasteiger partial charge in [-0.05, 0) is 37.8 Å². The molecule has 0 saturated heterocycles. The van der Waals surface area contributed by atoms with Gasteiger partial charge in [-0.15, -0.1) is 0 Å². The van der Waals surface area contributed by atoms with Crippen molar-refractivity contribution < 1.29 is 14.3 Å². The maximum Gasteiger partial charge on any atom is 0.239 e. The first-order valence-electron chi connectivity index (χ1n) is 8.78. The van der Waals surface area contributed by atoms with E-state index < -0.39 is 0 Å². The van der Waals surface area contributed by atoms with Gasteiger partial charge in [0.05, 0.1) is 19.3 Å². The van der Waals surface area contributed by atoms with Crippen molar-refractivity contribution in [3.63, 3.8) is 0 Å². The Labute approximate surface area is 144 Å². The van der Waals surface area contributed by atoms with E-state index in [4.69, 9.17) is 4.74 Å². The second-order valence-corrected chi connectivity index (χ2v) is 6.65. The summed E-state index contributed by atoms with van der Waals surface area (Å²) in [5, 5.41) is 5.56. The van der Waals surface area contributed by atoms with Crippen molar-refractivity contribution in [2.24, 2.45) is 5.92 Å². The summed E-state index contributed by atoms with van der Waals surface area (Å²) in [5.41, 5.74) is 2.14. The third kappa shape index (κ3) is 6.32. The van der Waals surface area contributed by atoms with E-state index in [2.05, 4.69) is 10.6 Å². The smallest absolute Gasteiger partial charge is 0.239 e. The molecule has 0 atom stereocenters. The molecule has 1 aliphatic rings. The monoisotopic (exact) mass is 332 g/mol. The molecule has 1 aromatic carbocycles. The Morgan fingerprint density at radius 1 is 1.08 bits per heavy atom. The number of benzene rings is 1. The zero-order valence-electron chi connectivity index (χ0n) is 14.6. The molecular formula is C19H28N2O3. The third-order valence-corrected chi connectivity index (χ3v) is 4.25. The van der Waals surface area contributed by atoms with Gasteiger partial charge in [0.15, 0.2) is 0 Å². The van der Waals surface area contributed by atoms with Crippen molar-refractivity contribution in [3.8, 4) is 0 Å². The maximum absolute atomic E-state index is 11.9. The van der Waals surface area contributed by atoms with Gasteiger partial charge in [-0.2, -0.15) is 0 Å². The molecule has 0 radical (unpaired) electrons. The summed E-state index contributed by atoms with van der Waals surface area (Å²) in [5.74, 6) is -0.0517. The second-order valence-electron chi connectivity index (χ2n) is 6.65. The van der Waals surface area contributed by atoms with Crippen LogP contribution in [0, 0.1) is 5.92 Å². The lowest BCUT2D eigenvalue weighted by molar-refractivity contribution is -0.128. The van der Waals surface area contributed by atoms with Gasteiger partial charge in [-0.3, -0.25) is 9.59 Å². The zero-order chi connectivity index (χ0) is 17.4. The summed E-state index contributed by atoms with van der Waals surface area (Å²) in [6.07, 6.45) is 4.33. The van der Waals surface area contributed by atoms with Gasteiger partial charge >= 0.3 is 0 Å². The molecule has 1 fully saturated rings. The average molecular weight is 332 g/mol. The SMILES string of the molecule is CC(C)OCc1ccc(CNC(=O)CNC(=O)C2CCCC2)cc1. The van der Waals surface area contributed by atoms with E-state index in [0.717, 1.165) is 36.8 Å². The Balaban J connectivity index is 1.66. The van der Waals surface area contributed by atoms with E-state index in [1.165, 1.54) is 0 Å². The van der Waals surface area contributed by atoms with Crippen LogP contribution in [0.2, 0.25) is 0 Å². The fourth-order valence-electron chi connectivity index (χ4n) is 2.78. The van der Waals surface area contributed by atoms with Gasteiger partial charge < -0.3 is 15.4 Å². The van der Waals surface area contributed by atoms with Crippen LogP contribution in [0.4, 0.5) is 0 Å². The minimum absolute atomic E-state index is 0.0113. The van der Waals surface area contributed by atoms with E-state index >= 15 is 0 Å². The van der Waals surface area contributed by atoms with Gasteiger partial charge in [-0.1, -0.05) is 37.1 Å².